The fourth-order valence-corrected chi connectivity index (χ4v) is 4.66. The first kappa shape index (κ1) is 23.3. The average molecular weight is 448 g/mol. The first-order chi connectivity index (χ1) is 14.8. The predicted octanol–water partition coefficient (Wildman–Crippen LogP) is 3.02. The van der Waals surface area contributed by atoms with Crippen LogP contribution in [0.3, 0.4) is 0 Å². The van der Waals surface area contributed by atoms with Gasteiger partial charge in [0.2, 0.25) is 5.91 Å². The van der Waals surface area contributed by atoms with Crippen LogP contribution in [0.4, 0.5) is 4.79 Å². The molecule has 31 heavy (non-hydrogen) atoms. The van der Waals surface area contributed by atoms with E-state index in [1.807, 2.05) is 43.0 Å². The van der Waals surface area contributed by atoms with E-state index in [0.29, 0.717) is 42.9 Å². The van der Waals surface area contributed by atoms with Crippen LogP contribution in [0.5, 0.6) is 0 Å². The molecule has 0 saturated carbocycles. The number of piperidine rings is 1. The Morgan fingerprint density at radius 2 is 1.97 bits per heavy atom. The molecule has 0 unspecified atom stereocenters. The number of rotatable bonds is 7. The minimum Gasteiger partial charge on any atom is -0.383 e. The van der Waals surface area contributed by atoms with Gasteiger partial charge in [0, 0.05) is 37.2 Å². The van der Waals surface area contributed by atoms with Gasteiger partial charge in [-0.25, -0.2) is 4.79 Å². The van der Waals surface area contributed by atoms with Crippen LogP contribution in [0.2, 0.25) is 5.02 Å². The zero-order chi connectivity index (χ0) is 22.6. The summed E-state index contributed by atoms with van der Waals surface area (Å²) in [4.78, 5) is 41.9. The van der Waals surface area contributed by atoms with Crippen LogP contribution < -0.4 is 5.32 Å². The van der Waals surface area contributed by atoms with Gasteiger partial charge in [-0.15, -0.1) is 0 Å². The third kappa shape index (κ3) is 4.62. The van der Waals surface area contributed by atoms with Crippen molar-refractivity contribution in [2.75, 3.05) is 33.4 Å². The van der Waals surface area contributed by atoms with Gasteiger partial charge in [-0.3, -0.25) is 14.5 Å². The highest BCUT2D eigenvalue weighted by Gasteiger charge is 2.56. The molecule has 7 nitrogen and oxygen atoms in total. The second-order valence-electron chi connectivity index (χ2n) is 8.16. The molecule has 2 aliphatic heterocycles. The molecule has 2 aliphatic rings. The summed E-state index contributed by atoms with van der Waals surface area (Å²) in [6.45, 7) is 5.21. The largest absolute Gasteiger partial charge is 0.383 e. The van der Waals surface area contributed by atoms with E-state index in [0.717, 1.165) is 5.56 Å². The second kappa shape index (κ2) is 9.83. The molecule has 4 amide bonds. The van der Waals surface area contributed by atoms with E-state index in [-0.39, 0.29) is 30.9 Å². The molecule has 0 aliphatic carbocycles. The summed E-state index contributed by atoms with van der Waals surface area (Å²) in [6, 6.07) is 6.98. The number of allylic oxidation sites excluding steroid dienone is 1. The monoisotopic (exact) mass is 447 g/mol. The Hall–Kier alpha value is -2.38. The van der Waals surface area contributed by atoms with Crippen LogP contribution in [0.25, 0.3) is 0 Å². The van der Waals surface area contributed by atoms with Crippen molar-refractivity contribution < 1.29 is 19.1 Å². The number of halogens is 1. The zero-order valence-corrected chi connectivity index (χ0v) is 19.1. The summed E-state index contributed by atoms with van der Waals surface area (Å²) in [5.74, 6) is -0.337. The third-order valence-corrected chi connectivity index (χ3v) is 6.77. The number of carbonyl (C=O) groups is 3. The number of methoxy groups -OCH3 is 1. The molecule has 2 heterocycles. The Balaban J connectivity index is 1.87. The molecular formula is C23H30ClN3O4. The summed E-state index contributed by atoms with van der Waals surface area (Å²) >= 11 is 6.41. The smallest absolute Gasteiger partial charge is 0.325 e. The predicted molar refractivity (Wildman–Crippen MR) is 119 cm³/mol. The first-order valence-corrected chi connectivity index (χ1v) is 11.0. The van der Waals surface area contributed by atoms with Gasteiger partial charge < -0.3 is 15.0 Å². The number of nitrogens with zero attached hydrogens (tertiary/aromatic N) is 2. The van der Waals surface area contributed by atoms with E-state index >= 15 is 0 Å². The molecule has 2 fully saturated rings. The van der Waals surface area contributed by atoms with Gasteiger partial charge in [0.25, 0.3) is 5.91 Å². The number of benzene rings is 1. The number of imide groups is 1. The molecule has 0 radical (unpaired) electrons. The average Bonchev–Trinajstić information content (AvgIpc) is 3.02. The lowest BCUT2D eigenvalue weighted by Crippen LogP contribution is -2.58. The number of carbonyl (C=O) groups excluding carboxylic acids is 3. The van der Waals surface area contributed by atoms with Gasteiger partial charge in [-0.1, -0.05) is 35.9 Å². The maximum atomic E-state index is 13.6. The van der Waals surface area contributed by atoms with Crippen LogP contribution >= 0.6 is 11.6 Å². The number of nitrogens with one attached hydrogen (secondary N) is 1. The molecule has 2 saturated heterocycles. The fourth-order valence-electron chi connectivity index (χ4n) is 4.46. The normalized spacial score (nSPS) is 22.8. The van der Waals surface area contributed by atoms with Crippen LogP contribution in [0.1, 0.15) is 32.3 Å². The van der Waals surface area contributed by atoms with E-state index < -0.39 is 11.6 Å². The van der Waals surface area contributed by atoms with E-state index in [2.05, 4.69) is 5.32 Å². The molecular weight excluding hydrogens is 418 g/mol. The van der Waals surface area contributed by atoms with Crippen LogP contribution in [0, 0.1) is 5.92 Å². The van der Waals surface area contributed by atoms with Gasteiger partial charge in [0.1, 0.15) is 5.54 Å². The maximum Gasteiger partial charge on any atom is 0.325 e. The number of hydrogen-bond donors (Lipinski definition) is 1. The van der Waals surface area contributed by atoms with Gasteiger partial charge in [-0.2, -0.15) is 0 Å². The summed E-state index contributed by atoms with van der Waals surface area (Å²) in [7, 11) is 1.54. The van der Waals surface area contributed by atoms with Crippen molar-refractivity contribution in [2.24, 2.45) is 5.92 Å². The van der Waals surface area contributed by atoms with Crippen molar-refractivity contribution >= 4 is 29.4 Å². The minimum absolute atomic E-state index is 0.0182. The van der Waals surface area contributed by atoms with Crippen molar-refractivity contribution in [3.8, 4) is 0 Å². The van der Waals surface area contributed by atoms with E-state index in [1.165, 1.54) is 12.0 Å². The molecule has 168 valence electrons. The topological polar surface area (TPSA) is 79.0 Å². The molecule has 0 aromatic heterocycles. The number of amides is 4. The summed E-state index contributed by atoms with van der Waals surface area (Å²) in [6.07, 6.45) is 3.36. The number of urea groups is 1. The Morgan fingerprint density at radius 3 is 2.58 bits per heavy atom. The Morgan fingerprint density at radius 1 is 1.29 bits per heavy atom. The summed E-state index contributed by atoms with van der Waals surface area (Å²) < 4.78 is 5.08. The summed E-state index contributed by atoms with van der Waals surface area (Å²) in [5.41, 5.74) is 0.440. The molecule has 3 rings (SSSR count). The van der Waals surface area contributed by atoms with E-state index in [1.54, 1.807) is 6.07 Å². The highest BCUT2D eigenvalue weighted by Crippen LogP contribution is 2.37. The highest BCUT2D eigenvalue weighted by molar-refractivity contribution is 6.31. The fraction of sp³-hybridized carbons (Fsp3) is 0.522. The number of hydrogen-bond acceptors (Lipinski definition) is 4. The van der Waals surface area contributed by atoms with Crippen molar-refractivity contribution in [1.82, 2.24) is 15.1 Å². The van der Waals surface area contributed by atoms with Crippen LogP contribution in [0.15, 0.2) is 35.9 Å². The lowest BCUT2D eigenvalue weighted by atomic mass is 9.73. The zero-order valence-electron chi connectivity index (χ0n) is 18.3. The van der Waals surface area contributed by atoms with Crippen molar-refractivity contribution in [1.29, 1.82) is 0 Å². The molecule has 1 atom stereocenters. The van der Waals surface area contributed by atoms with Crippen molar-refractivity contribution in [2.45, 2.75) is 38.6 Å². The van der Waals surface area contributed by atoms with Gasteiger partial charge in [0.05, 0.1) is 13.2 Å². The number of likely N-dealkylation sites (tertiary alicyclic amines) is 1. The Labute approximate surface area is 188 Å². The summed E-state index contributed by atoms with van der Waals surface area (Å²) in [5, 5.41) is 3.57. The highest BCUT2D eigenvalue weighted by atomic mass is 35.5. The lowest BCUT2D eigenvalue weighted by molar-refractivity contribution is -0.135. The standard InChI is InChI=1S/C23H30ClN3O4/c1-4-16(2)20(28)26-11-9-18(10-12-26)23(15-17-7-5-6-8-19(17)24)21(29)27(13-14-31-3)22(30)25-23/h4-8,18H,9-15H2,1-3H3,(H,25,30)/b16-4+/t23-/m0/s1. The van der Waals surface area contributed by atoms with E-state index in [9.17, 15) is 14.4 Å². The molecule has 1 aromatic carbocycles. The van der Waals surface area contributed by atoms with Gasteiger partial charge >= 0.3 is 6.03 Å². The Kier molecular flexibility index (Phi) is 7.38. The molecule has 0 bridgehead atoms. The lowest BCUT2D eigenvalue weighted by Gasteiger charge is -2.41. The van der Waals surface area contributed by atoms with Crippen molar-refractivity contribution in [3.05, 3.63) is 46.5 Å². The molecule has 1 aromatic rings. The molecule has 8 heteroatoms. The maximum absolute atomic E-state index is 13.6. The first-order valence-electron chi connectivity index (χ1n) is 10.6. The third-order valence-electron chi connectivity index (χ3n) is 6.40. The second-order valence-corrected chi connectivity index (χ2v) is 8.56. The van der Waals surface area contributed by atoms with Crippen molar-refractivity contribution in [3.63, 3.8) is 0 Å². The minimum atomic E-state index is -1.08. The Bertz CT molecular complexity index is 879. The van der Waals surface area contributed by atoms with Crippen LogP contribution in [-0.2, 0) is 20.7 Å². The number of ether oxygens (including phenoxy) is 1. The van der Waals surface area contributed by atoms with Crippen LogP contribution in [-0.4, -0.2) is 66.5 Å². The molecule has 1 N–H and O–H groups in total. The SMILES string of the molecule is C/C=C(\C)C(=O)N1CCC([C@]2(Cc3ccccc3Cl)NC(=O)N(CCOC)C2=O)CC1. The quantitative estimate of drug-likeness (QED) is 0.514. The van der Waals surface area contributed by atoms with Gasteiger partial charge in [0.15, 0.2) is 0 Å². The van der Waals surface area contributed by atoms with E-state index in [4.69, 9.17) is 16.3 Å². The van der Waals surface area contributed by atoms with Gasteiger partial charge in [-0.05, 0) is 44.2 Å². The molecule has 0 spiro atoms.